The number of methoxy groups -OCH3 is 1. The number of rotatable bonds is 4. The third-order valence-corrected chi connectivity index (χ3v) is 6.46. The lowest BCUT2D eigenvalue weighted by atomic mass is 10.1. The van der Waals surface area contributed by atoms with Crippen LogP contribution in [0, 0.1) is 11.8 Å². The number of esters is 1. The van der Waals surface area contributed by atoms with Crippen molar-refractivity contribution in [2.75, 3.05) is 36.6 Å². The lowest BCUT2D eigenvalue weighted by Crippen LogP contribution is -2.26. The average Bonchev–Trinajstić information content (AvgIpc) is 3.37. The number of aliphatic hydroxyl groups is 1. The van der Waals surface area contributed by atoms with Crippen molar-refractivity contribution in [1.29, 1.82) is 0 Å². The van der Waals surface area contributed by atoms with E-state index in [4.69, 9.17) is 5.11 Å². The Morgan fingerprint density at radius 2 is 1.38 bits per heavy atom. The number of halogens is 2. The van der Waals surface area contributed by atoms with Crippen LogP contribution < -0.4 is 9.80 Å². The van der Waals surface area contributed by atoms with Gasteiger partial charge in [0.1, 0.15) is 0 Å². The van der Waals surface area contributed by atoms with Crippen LogP contribution in [0.1, 0.15) is 12.8 Å². The van der Waals surface area contributed by atoms with Crippen molar-refractivity contribution in [3.8, 4) is 0 Å². The molecule has 2 fully saturated rings. The third kappa shape index (κ3) is 5.96. The van der Waals surface area contributed by atoms with Gasteiger partial charge in [0.25, 0.3) is 0 Å². The van der Waals surface area contributed by atoms with Crippen molar-refractivity contribution in [2.45, 2.75) is 12.8 Å². The van der Waals surface area contributed by atoms with Gasteiger partial charge in [-0.15, -0.1) is 0 Å². The summed E-state index contributed by atoms with van der Waals surface area (Å²) < 4.78 is 6.61. The molecule has 0 bridgehead atoms. The molecule has 2 aliphatic rings. The Balaban J connectivity index is 0.000000182. The summed E-state index contributed by atoms with van der Waals surface area (Å²) in [6.07, 6.45) is 0.676. The highest BCUT2D eigenvalue weighted by Crippen LogP contribution is 2.27. The first-order chi connectivity index (χ1) is 15.3. The molecule has 0 aromatic heterocycles. The Morgan fingerprint density at radius 3 is 1.81 bits per heavy atom. The largest absolute Gasteiger partial charge is 0.469 e. The van der Waals surface area contributed by atoms with Crippen LogP contribution in [0.2, 0.25) is 0 Å². The molecule has 9 heteroatoms. The van der Waals surface area contributed by atoms with Crippen molar-refractivity contribution in [1.82, 2.24) is 0 Å². The summed E-state index contributed by atoms with van der Waals surface area (Å²) in [6.45, 7) is 1.10. The Kier molecular flexibility index (Phi) is 8.44. The number of benzene rings is 2. The van der Waals surface area contributed by atoms with E-state index in [-0.39, 0.29) is 42.6 Å². The van der Waals surface area contributed by atoms with Crippen LogP contribution in [-0.4, -0.2) is 49.7 Å². The maximum Gasteiger partial charge on any atom is 0.311 e. The third-order valence-electron chi connectivity index (χ3n) is 5.40. The number of carbonyl (C=O) groups excluding carboxylic acids is 3. The molecule has 0 radical (unpaired) electrons. The quantitative estimate of drug-likeness (QED) is 0.568. The van der Waals surface area contributed by atoms with Crippen LogP contribution in [0.15, 0.2) is 57.5 Å². The van der Waals surface area contributed by atoms with Crippen LogP contribution in [0.4, 0.5) is 11.4 Å². The topological polar surface area (TPSA) is 87.2 Å². The molecule has 32 heavy (non-hydrogen) atoms. The molecule has 2 saturated heterocycles. The zero-order valence-corrected chi connectivity index (χ0v) is 20.7. The van der Waals surface area contributed by atoms with Crippen LogP contribution >= 0.6 is 31.9 Å². The Labute approximate surface area is 203 Å². The second kappa shape index (κ2) is 11.1. The lowest BCUT2D eigenvalue weighted by molar-refractivity contribution is -0.145. The molecule has 2 aliphatic heterocycles. The lowest BCUT2D eigenvalue weighted by Gasteiger charge is -2.16. The number of carbonyl (C=O) groups is 3. The molecule has 2 aromatic rings. The van der Waals surface area contributed by atoms with Crippen molar-refractivity contribution < 1.29 is 24.2 Å². The van der Waals surface area contributed by atoms with Crippen molar-refractivity contribution in [3.63, 3.8) is 0 Å². The molecule has 0 spiro atoms. The van der Waals surface area contributed by atoms with E-state index in [1.807, 2.05) is 48.5 Å². The van der Waals surface area contributed by atoms with E-state index in [2.05, 4.69) is 36.6 Å². The standard InChI is InChI=1S/C12H12BrNO3.C11H12BrNO2/c1-17-12(16)8-6-11(15)14(7-8)10-4-2-9(13)3-5-10;12-9-1-3-10(4-2-9)13-6-8(7-14)5-11(13)15/h2-5,8H,6-7H2,1H3;1-4,8,14H,5-7H2. The minimum Gasteiger partial charge on any atom is -0.469 e. The number of nitrogens with zero attached hydrogens (tertiary/aromatic N) is 2. The molecule has 170 valence electrons. The van der Waals surface area contributed by atoms with Gasteiger partial charge >= 0.3 is 5.97 Å². The van der Waals surface area contributed by atoms with E-state index >= 15 is 0 Å². The summed E-state index contributed by atoms with van der Waals surface area (Å²) in [6, 6.07) is 15.1. The molecule has 2 amide bonds. The van der Waals surface area contributed by atoms with E-state index in [9.17, 15) is 14.4 Å². The van der Waals surface area contributed by atoms with Crippen LogP contribution in [0.5, 0.6) is 0 Å². The summed E-state index contributed by atoms with van der Waals surface area (Å²) in [7, 11) is 1.34. The van der Waals surface area contributed by atoms with E-state index in [1.54, 1.807) is 9.80 Å². The second-order valence-corrected chi connectivity index (χ2v) is 9.47. The van der Waals surface area contributed by atoms with E-state index in [0.29, 0.717) is 19.5 Å². The maximum absolute atomic E-state index is 11.8. The van der Waals surface area contributed by atoms with Crippen LogP contribution in [0.25, 0.3) is 0 Å². The Bertz CT molecular complexity index is 965. The number of hydrogen-bond acceptors (Lipinski definition) is 5. The first-order valence-corrected chi connectivity index (χ1v) is 11.7. The minimum atomic E-state index is -0.351. The predicted molar refractivity (Wildman–Crippen MR) is 128 cm³/mol. The summed E-state index contributed by atoms with van der Waals surface area (Å²) >= 11 is 6.69. The Morgan fingerprint density at radius 1 is 0.906 bits per heavy atom. The van der Waals surface area contributed by atoms with Crippen molar-refractivity contribution >= 4 is 61.0 Å². The van der Waals surface area contributed by atoms with Gasteiger partial charge in [0.15, 0.2) is 0 Å². The van der Waals surface area contributed by atoms with Crippen LogP contribution in [-0.2, 0) is 19.1 Å². The number of amides is 2. The first kappa shape index (κ1) is 24.4. The zero-order chi connectivity index (χ0) is 23.3. The number of hydrogen-bond donors (Lipinski definition) is 1. The van der Waals surface area contributed by atoms with Gasteiger partial charge in [-0.05, 0) is 48.5 Å². The minimum absolute atomic E-state index is 0.0391. The molecule has 4 rings (SSSR count). The highest BCUT2D eigenvalue weighted by Gasteiger charge is 2.35. The van der Waals surface area contributed by atoms with Crippen molar-refractivity contribution in [2.24, 2.45) is 11.8 Å². The zero-order valence-electron chi connectivity index (χ0n) is 17.5. The van der Waals surface area contributed by atoms with Gasteiger partial charge in [-0.25, -0.2) is 0 Å². The summed E-state index contributed by atoms with van der Waals surface area (Å²) in [5, 5.41) is 9.01. The van der Waals surface area contributed by atoms with E-state index in [0.717, 1.165) is 20.3 Å². The molecule has 2 heterocycles. The summed E-state index contributed by atoms with van der Waals surface area (Å²) in [4.78, 5) is 38.2. The molecule has 7 nitrogen and oxygen atoms in total. The first-order valence-electron chi connectivity index (χ1n) is 10.1. The van der Waals surface area contributed by atoms with Crippen molar-refractivity contribution in [3.05, 3.63) is 57.5 Å². The van der Waals surface area contributed by atoms with Crippen LogP contribution in [0.3, 0.4) is 0 Å². The number of anilines is 2. The van der Waals surface area contributed by atoms with Gasteiger partial charge in [0.05, 0.1) is 13.0 Å². The maximum atomic E-state index is 11.8. The van der Waals surface area contributed by atoms with Gasteiger partial charge in [-0.1, -0.05) is 31.9 Å². The van der Waals surface area contributed by atoms with Gasteiger partial charge in [-0.2, -0.15) is 0 Å². The van der Waals surface area contributed by atoms with Gasteiger partial charge in [0.2, 0.25) is 11.8 Å². The summed E-state index contributed by atoms with van der Waals surface area (Å²) in [5.41, 5.74) is 1.71. The molecule has 2 atom stereocenters. The SMILES string of the molecule is COC(=O)C1CC(=O)N(c2ccc(Br)cc2)C1.O=C1CC(CO)CN1c1ccc(Br)cc1. The average molecular weight is 568 g/mol. The molecule has 2 unspecified atom stereocenters. The fourth-order valence-corrected chi connectivity index (χ4v) is 4.21. The van der Waals surface area contributed by atoms with Gasteiger partial charge < -0.3 is 19.6 Å². The molecule has 1 N–H and O–H groups in total. The molecule has 2 aromatic carbocycles. The smallest absolute Gasteiger partial charge is 0.311 e. The number of aliphatic hydroxyl groups excluding tert-OH is 1. The molecule has 0 aliphatic carbocycles. The van der Waals surface area contributed by atoms with Gasteiger partial charge in [-0.3, -0.25) is 14.4 Å². The highest BCUT2D eigenvalue weighted by molar-refractivity contribution is 9.10. The van der Waals surface area contributed by atoms with E-state index < -0.39 is 0 Å². The predicted octanol–water partition coefficient (Wildman–Crippen LogP) is 3.77. The number of ether oxygens (including phenoxy) is 1. The van der Waals surface area contributed by atoms with Gasteiger partial charge in [0, 0.05) is 58.8 Å². The Hall–Kier alpha value is -2.23. The highest BCUT2D eigenvalue weighted by atomic mass is 79.9. The fraction of sp³-hybridized carbons (Fsp3) is 0.348. The fourth-order valence-electron chi connectivity index (χ4n) is 3.68. The van der Waals surface area contributed by atoms with E-state index in [1.165, 1.54) is 7.11 Å². The molecule has 0 saturated carbocycles. The summed E-state index contributed by atoms with van der Waals surface area (Å²) in [5.74, 6) is -0.533. The molecular weight excluding hydrogens is 544 g/mol. The molecular formula is C23H24Br2N2O5. The monoisotopic (exact) mass is 566 g/mol. The second-order valence-electron chi connectivity index (χ2n) is 7.64. The normalized spacial score (nSPS) is 20.2.